The van der Waals surface area contributed by atoms with Crippen molar-refractivity contribution < 1.29 is 18.7 Å². The number of nitrogens with zero attached hydrogens (tertiary/aromatic N) is 3. The Balaban J connectivity index is 1.39. The number of ether oxygens (including phenoxy) is 2. The van der Waals surface area contributed by atoms with Crippen molar-refractivity contribution in [2.45, 2.75) is 19.6 Å². The van der Waals surface area contributed by atoms with Gasteiger partial charge in [-0.1, -0.05) is 24.3 Å². The number of aromatic nitrogens is 3. The number of rotatable bonds is 7. The van der Waals surface area contributed by atoms with Crippen LogP contribution in [0.15, 0.2) is 90.4 Å². The van der Waals surface area contributed by atoms with E-state index in [0.29, 0.717) is 41.0 Å². The zero-order valence-electron chi connectivity index (χ0n) is 19.7. The fraction of sp³-hybridized carbons (Fsp3) is 0.148. The number of anilines is 2. The highest BCUT2D eigenvalue weighted by atomic mass is 19.1. The largest absolute Gasteiger partial charge is 0.497 e. The molecule has 1 amide bonds. The van der Waals surface area contributed by atoms with Gasteiger partial charge in [-0.15, -0.1) is 0 Å². The standard InChI is InChI=1S/C27H24FN5O3/c1-17-24(26(34)32-21-9-13-22(35-2)14-10-21)25(33-27(31-17)29-16-30-33)19-5-11-23(12-6-19)36-15-18-3-7-20(28)8-4-18/h3-14,16,25H,15H2,1-2H3,(H,32,34)(H,29,30,31)/t25-/m1/s1. The van der Waals surface area contributed by atoms with E-state index in [0.717, 1.165) is 11.1 Å². The zero-order valence-corrected chi connectivity index (χ0v) is 19.7. The molecule has 0 saturated heterocycles. The summed E-state index contributed by atoms with van der Waals surface area (Å²) < 4.78 is 25.9. The van der Waals surface area contributed by atoms with Gasteiger partial charge >= 0.3 is 0 Å². The summed E-state index contributed by atoms with van der Waals surface area (Å²) in [4.78, 5) is 17.7. The maximum Gasteiger partial charge on any atom is 0.255 e. The van der Waals surface area contributed by atoms with Gasteiger partial charge in [0.25, 0.3) is 5.91 Å². The lowest BCUT2D eigenvalue weighted by Gasteiger charge is -2.28. The molecule has 2 N–H and O–H groups in total. The molecule has 0 fully saturated rings. The van der Waals surface area contributed by atoms with E-state index in [2.05, 4.69) is 20.7 Å². The van der Waals surface area contributed by atoms with Crippen LogP contribution in [0.1, 0.15) is 24.1 Å². The van der Waals surface area contributed by atoms with E-state index in [-0.39, 0.29) is 11.7 Å². The minimum atomic E-state index is -0.492. The molecule has 0 bridgehead atoms. The Bertz CT molecular complexity index is 1400. The van der Waals surface area contributed by atoms with Crippen molar-refractivity contribution in [3.8, 4) is 11.5 Å². The van der Waals surface area contributed by atoms with Crippen LogP contribution in [0.5, 0.6) is 11.5 Å². The number of carbonyl (C=O) groups excluding carboxylic acids is 1. The fourth-order valence-electron chi connectivity index (χ4n) is 4.06. The third-order valence-electron chi connectivity index (χ3n) is 5.90. The van der Waals surface area contributed by atoms with Crippen LogP contribution in [-0.4, -0.2) is 27.8 Å². The highest BCUT2D eigenvalue weighted by Gasteiger charge is 2.33. The van der Waals surface area contributed by atoms with Gasteiger partial charge in [0.2, 0.25) is 5.95 Å². The first-order chi connectivity index (χ1) is 17.5. The van der Waals surface area contributed by atoms with Crippen molar-refractivity contribution in [1.29, 1.82) is 0 Å². The molecular formula is C27H24FN5O3. The van der Waals surface area contributed by atoms with Gasteiger partial charge in [-0.2, -0.15) is 10.1 Å². The molecule has 0 spiro atoms. The van der Waals surface area contributed by atoms with Gasteiger partial charge in [0.1, 0.15) is 36.3 Å². The van der Waals surface area contributed by atoms with Crippen LogP contribution in [0.4, 0.5) is 16.0 Å². The van der Waals surface area contributed by atoms with Crippen LogP contribution in [0.25, 0.3) is 0 Å². The molecule has 1 aliphatic rings. The Kier molecular flexibility index (Phi) is 6.36. The maximum absolute atomic E-state index is 13.4. The van der Waals surface area contributed by atoms with E-state index in [9.17, 15) is 9.18 Å². The molecule has 0 saturated carbocycles. The number of hydrogen-bond acceptors (Lipinski definition) is 6. The highest BCUT2D eigenvalue weighted by Crippen LogP contribution is 2.36. The summed E-state index contributed by atoms with van der Waals surface area (Å²) in [5.41, 5.74) is 3.56. The van der Waals surface area contributed by atoms with Crippen LogP contribution in [0.3, 0.4) is 0 Å². The SMILES string of the molecule is COc1ccc(NC(=O)C2=C(C)Nc3ncnn3[C@@H]2c2ccc(OCc3ccc(F)cc3)cc2)cc1. The van der Waals surface area contributed by atoms with Gasteiger partial charge in [0.15, 0.2) is 0 Å². The minimum absolute atomic E-state index is 0.257. The molecule has 1 atom stereocenters. The molecule has 182 valence electrons. The van der Waals surface area contributed by atoms with Crippen molar-refractivity contribution in [1.82, 2.24) is 14.8 Å². The molecule has 8 nitrogen and oxygen atoms in total. The first kappa shape index (κ1) is 23.1. The number of halogens is 1. The third kappa shape index (κ3) is 4.76. The summed E-state index contributed by atoms with van der Waals surface area (Å²) in [6.45, 7) is 2.16. The number of benzene rings is 3. The summed E-state index contributed by atoms with van der Waals surface area (Å²) in [7, 11) is 1.59. The highest BCUT2D eigenvalue weighted by molar-refractivity contribution is 6.06. The number of amides is 1. The van der Waals surface area contributed by atoms with Gasteiger partial charge in [0.05, 0.1) is 12.7 Å². The topological polar surface area (TPSA) is 90.3 Å². The fourth-order valence-corrected chi connectivity index (χ4v) is 4.06. The molecular weight excluding hydrogens is 461 g/mol. The molecule has 1 aliphatic heterocycles. The number of carbonyl (C=O) groups is 1. The van der Waals surface area contributed by atoms with Crippen LogP contribution >= 0.6 is 0 Å². The van der Waals surface area contributed by atoms with Crippen molar-refractivity contribution in [3.05, 3.63) is 107 Å². The maximum atomic E-state index is 13.4. The van der Waals surface area contributed by atoms with Crippen molar-refractivity contribution in [3.63, 3.8) is 0 Å². The Morgan fingerprint density at radius 2 is 1.72 bits per heavy atom. The summed E-state index contributed by atoms with van der Waals surface area (Å²) in [6, 6.07) is 20.3. The normalized spacial score (nSPS) is 14.6. The van der Waals surface area contributed by atoms with Gasteiger partial charge < -0.3 is 20.1 Å². The number of hydrogen-bond donors (Lipinski definition) is 2. The Hall–Kier alpha value is -4.66. The Morgan fingerprint density at radius 1 is 1.03 bits per heavy atom. The predicted octanol–water partition coefficient (Wildman–Crippen LogP) is 4.93. The molecule has 36 heavy (non-hydrogen) atoms. The molecule has 4 aromatic rings. The zero-order chi connectivity index (χ0) is 25.1. The first-order valence-electron chi connectivity index (χ1n) is 11.3. The molecule has 3 aromatic carbocycles. The second-order valence-electron chi connectivity index (χ2n) is 8.26. The van der Waals surface area contributed by atoms with E-state index in [1.807, 2.05) is 31.2 Å². The molecule has 1 aromatic heterocycles. The number of nitrogens with one attached hydrogen (secondary N) is 2. The Labute approximate surface area is 207 Å². The van der Waals surface area contributed by atoms with Gasteiger partial charge in [0, 0.05) is 11.4 Å². The molecule has 2 heterocycles. The average molecular weight is 486 g/mol. The first-order valence-corrected chi connectivity index (χ1v) is 11.3. The lowest BCUT2D eigenvalue weighted by molar-refractivity contribution is -0.113. The number of methoxy groups -OCH3 is 1. The van der Waals surface area contributed by atoms with Crippen molar-refractivity contribution >= 4 is 17.5 Å². The second-order valence-corrected chi connectivity index (χ2v) is 8.26. The lowest BCUT2D eigenvalue weighted by Crippen LogP contribution is -2.31. The molecule has 0 aliphatic carbocycles. The summed E-state index contributed by atoms with van der Waals surface area (Å²) >= 11 is 0. The van der Waals surface area contributed by atoms with Crippen LogP contribution in [-0.2, 0) is 11.4 Å². The second kappa shape index (κ2) is 9.91. The van der Waals surface area contributed by atoms with E-state index < -0.39 is 6.04 Å². The average Bonchev–Trinajstić information content (AvgIpc) is 3.36. The molecule has 0 radical (unpaired) electrons. The van der Waals surface area contributed by atoms with Crippen molar-refractivity contribution in [2.75, 3.05) is 17.7 Å². The smallest absolute Gasteiger partial charge is 0.255 e. The molecule has 9 heteroatoms. The van der Waals surface area contributed by atoms with E-state index in [1.165, 1.54) is 18.5 Å². The van der Waals surface area contributed by atoms with E-state index in [4.69, 9.17) is 9.47 Å². The van der Waals surface area contributed by atoms with Crippen LogP contribution in [0, 0.1) is 5.82 Å². The number of allylic oxidation sites excluding steroid dienone is 1. The van der Waals surface area contributed by atoms with Crippen LogP contribution in [0.2, 0.25) is 0 Å². The summed E-state index contributed by atoms with van der Waals surface area (Å²) in [5.74, 6) is 1.37. The molecule has 5 rings (SSSR count). The minimum Gasteiger partial charge on any atom is -0.497 e. The van der Waals surface area contributed by atoms with Gasteiger partial charge in [-0.25, -0.2) is 9.07 Å². The monoisotopic (exact) mass is 485 g/mol. The third-order valence-corrected chi connectivity index (χ3v) is 5.90. The van der Waals surface area contributed by atoms with Gasteiger partial charge in [-0.3, -0.25) is 4.79 Å². The van der Waals surface area contributed by atoms with E-state index in [1.54, 1.807) is 48.2 Å². The lowest BCUT2D eigenvalue weighted by atomic mass is 9.95. The molecule has 0 unspecified atom stereocenters. The summed E-state index contributed by atoms with van der Waals surface area (Å²) in [5, 5.41) is 10.5. The quantitative estimate of drug-likeness (QED) is 0.386. The van der Waals surface area contributed by atoms with Gasteiger partial charge in [-0.05, 0) is 66.6 Å². The summed E-state index contributed by atoms with van der Waals surface area (Å²) in [6.07, 6.45) is 1.45. The van der Waals surface area contributed by atoms with Crippen molar-refractivity contribution in [2.24, 2.45) is 0 Å². The van der Waals surface area contributed by atoms with Crippen LogP contribution < -0.4 is 20.1 Å². The number of fused-ring (bicyclic) bond motifs is 1. The predicted molar refractivity (Wildman–Crippen MR) is 133 cm³/mol. The Morgan fingerprint density at radius 3 is 2.42 bits per heavy atom. The van der Waals surface area contributed by atoms with E-state index >= 15 is 0 Å².